The van der Waals surface area contributed by atoms with Gasteiger partial charge in [-0.2, -0.15) is 0 Å². The Balaban J connectivity index is 4.29. The molecule has 0 aromatic rings. The largest absolute Gasteiger partial charge is 0.337 e. The summed E-state index contributed by atoms with van der Waals surface area (Å²) in [4.78, 5) is 18.7. The molecule has 0 saturated carbocycles. The number of hydrogen-bond donors (Lipinski definition) is 2. The quantitative estimate of drug-likeness (QED) is 0.188. The summed E-state index contributed by atoms with van der Waals surface area (Å²) in [5.74, 6) is 0. The molecule has 158 valence electrons. The van der Waals surface area contributed by atoms with E-state index in [1.807, 2.05) is 0 Å². The van der Waals surface area contributed by atoms with Crippen molar-refractivity contribution in [1.29, 1.82) is 0 Å². The first-order chi connectivity index (χ1) is 12.6. The van der Waals surface area contributed by atoms with Gasteiger partial charge in [-0.3, -0.25) is 9.13 Å². The number of unbranched alkanes of at least 4 members (excludes halogenated alkanes) is 1. The summed E-state index contributed by atoms with van der Waals surface area (Å²) in [5.41, 5.74) is 4.04. The molecule has 0 bridgehead atoms. The molecule has 0 amide bonds. The van der Waals surface area contributed by atoms with Gasteiger partial charge in [-0.1, -0.05) is 34.9 Å². The van der Waals surface area contributed by atoms with Gasteiger partial charge in [-0.05, 0) is 79.6 Å². The van der Waals surface area contributed by atoms with Gasteiger partial charge in [0, 0.05) is 0 Å². The molecule has 0 aromatic heterocycles. The average Bonchev–Trinajstić information content (AvgIpc) is 2.53. The van der Waals surface area contributed by atoms with E-state index in [9.17, 15) is 18.9 Å². The summed E-state index contributed by atoms with van der Waals surface area (Å²) >= 11 is 0. The Labute approximate surface area is 166 Å². The molecule has 5 nitrogen and oxygen atoms in total. The molecule has 2 atom stereocenters. The molecule has 0 aliphatic heterocycles. The van der Waals surface area contributed by atoms with E-state index in [1.54, 1.807) is 6.92 Å². The molecule has 2 unspecified atom stereocenters. The average molecular weight is 420 g/mol. The van der Waals surface area contributed by atoms with E-state index < -0.39 is 21.0 Å². The van der Waals surface area contributed by atoms with Gasteiger partial charge in [0.2, 0.25) is 8.03 Å². The zero-order valence-corrected chi connectivity index (χ0v) is 19.4. The van der Waals surface area contributed by atoms with Gasteiger partial charge in [0.05, 0.1) is 6.61 Å². The normalized spacial score (nSPS) is 15.5. The van der Waals surface area contributed by atoms with E-state index in [4.69, 9.17) is 4.52 Å². The fourth-order valence-corrected chi connectivity index (χ4v) is 5.42. The lowest BCUT2D eigenvalue weighted by Crippen LogP contribution is -2.05. The Morgan fingerprint density at radius 2 is 1.52 bits per heavy atom. The monoisotopic (exact) mass is 420 g/mol. The van der Waals surface area contributed by atoms with Gasteiger partial charge in [-0.15, -0.1) is 0 Å². The highest BCUT2D eigenvalue weighted by atomic mass is 31.2. The number of allylic oxidation sites excluding steroid dienone is 6. The molecule has 2 N–H and O–H groups in total. The van der Waals surface area contributed by atoms with Gasteiger partial charge >= 0.3 is 7.60 Å². The Morgan fingerprint density at radius 1 is 1.00 bits per heavy atom. The molecule has 27 heavy (non-hydrogen) atoms. The fraction of sp³-hybridized carbons (Fsp3) is 0.700. The van der Waals surface area contributed by atoms with Crippen molar-refractivity contribution in [3.05, 3.63) is 34.9 Å². The zero-order chi connectivity index (χ0) is 20.9. The highest BCUT2D eigenvalue weighted by Gasteiger charge is 2.33. The van der Waals surface area contributed by atoms with Crippen molar-refractivity contribution in [2.75, 3.05) is 6.61 Å². The van der Waals surface area contributed by atoms with Crippen LogP contribution in [0.2, 0.25) is 0 Å². The first-order valence-electron chi connectivity index (χ1n) is 9.74. The molecule has 0 aliphatic carbocycles. The summed E-state index contributed by atoms with van der Waals surface area (Å²) in [6, 6.07) is 0. The van der Waals surface area contributed by atoms with E-state index in [-0.39, 0.29) is 13.0 Å². The lowest BCUT2D eigenvalue weighted by atomic mass is 10.1. The van der Waals surface area contributed by atoms with Gasteiger partial charge < -0.3 is 14.3 Å². The first kappa shape index (κ1) is 26.6. The highest BCUT2D eigenvalue weighted by Crippen LogP contribution is 2.55. The van der Waals surface area contributed by atoms with Crippen molar-refractivity contribution in [3.63, 3.8) is 0 Å². The minimum atomic E-state index is -4.39. The van der Waals surface area contributed by atoms with E-state index in [0.29, 0.717) is 6.42 Å². The first-order valence-corrected chi connectivity index (χ1v) is 12.8. The van der Waals surface area contributed by atoms with Gasteiger partial charge in [-0.25, -0.2) is 0 Å². The lowest BCUT2D eigenvalue weighted by Gasteiger charge is -2.17. The van der Waals surface area contributed by atoms with Crippen molar-refractivity contribution in [1.82, 2.24) is 0 Å². The Bertz CT molecular complexity index is 583. The molecule has 0 aliphatic rings. The second-order valence-corrected chi connectivity index (χ2v) is 11.2. The molecule has 0 aromatic carbocycles. The Morgan fingerprint density at radius 3 is 2.00 bits per heavy atom. The minimum absolute atomic E-state index is 0.203. The number of hydrogen-bond acceptors (Lipinski definition) is 3. The van der Waals surface area contributed by atoms with Crippen LogP contribution in [0.3, 0.4) is 0 Å². The van der Waals surface area contributed by atoms with Crippen molar-refractivity contribution >= 4 is 15.6 Å². The van der Waals surface area contributed by atoms with Gasteiger partial charge in [0.1, 0.15) is 5.40 Å². The third kappa shape index (κ3) is 14.2. The second kappa shape index (κ2) is 14.5. The van der Waals surface area contributed by atoms with Crippen molar-refractivity contribution in [2.45, 2.75) is 85.0 Å². The molecule has 0 heterocycles. The fourth-order valence-electron chi connectivity index (χ4n) is 2.66. The Kier molecular flexibility index (Phi) is 14.3. The highest BCUT2D eigenvalue weighted by molar-refractivity contribution is 7.65. The molecular formula is C20H38O5P2. The molecular weight excluding hydrogens is 382 g/mol. The predicted octanol–water partition coefficient (Wildman–Crippen LogP) is 6.59. The number of rotatable bonds is 14. The smallest absolute Gasteiger partial charge is 0.330 e. The molecule has 0 saturated heterocycles. The van der Waals surface area contributed by atoms with Crippen LogP contribution in [-0.2, 0) is 13.7 Å². The van der Waals surface area contributed by atoms with Gasteiger partial charge in [0.25, 0.3) is 0 Å². The van der Waals surface area contributed by atoms with Crippen LogP contribution >= 0.6 is 15.6 Å². The van der Waals surface area contributed by atoms with Crippen molar-refractivity contribution < 1.29 is 23.4 Å². The van der Waals surface area contributed by atoms with Gasteiger partial charge in [0.15, 0.2) is 0 Å². The van der Waals surface area contributed by atoms with Crippen LogP contribution < -0.4 is 0 Å². The SMILES string of the molecule is CCO[PH](=O)C(CCC/C=C(\C)CC/C=C(\C)CCC=C(C)C)P(=O)(O)O. The summed E-state index contributed by atoms with van der Waals surface area (Å²) in [7, 11) is -7.11. The van der Waals surface area contributed by atoms with Crippen molar-refractivity contribution in [2.24, 2.45) is 0 Å². The van der Waals surface area contributed by atoms with Crippen LogP contribution in [0.5, 0.6) is 0 Å². The maximum atomic E-state index is 11.9. The maximum Gasteiger partial charge on any atom is 0.337 e. The van der Waals surface area contributed by atoms with Crippen molar-refractivity contribution in [3.8, 4) is 0 Å². The second-order valence-electron chi connectivity index (χ2n) is 7.25. The zero-order valence-electron chi connectivity index (χ0n) is 17.5. The lowest BCUT2D eigenvalue weighted by molar-refractivity contribution is 0.332. The Hall–Kier alpha value is -0.440. The van der Waals surface area contributed by atoms with Crippen LogP contribution in [0.1, 0.15) is 79.6 Å². The van der Waals surface area contributed by atoms with Crippen LogP contribution in [-0.4, -0.2) is 21.8 Å². The topological polar surface area (TPSA) is 83.8 Å². The predicted molar refractivity (Wildman–Crippen MR) is 116 cm³/mol. The summed E-state index contributed by atoms with van der Waals surface area (Å²) in [6.45, 7) is 10.4. The molecule has 7 heteroatoms. The van der Waals surface area contributed by atoms with Crippen LogP contribution in [0.15, 0.2) is 34.9 Å². The minimum Gasteiger partial charge on any atom is -0.330 e. The summed E-state index contributed by atoms with van der Waals surface area (Å²) < 4.78 is 28.3. The van der Waals surface area contributed by atoms with E-state index >= 15 is 0 Å². The maximum absolute atomic E-state index is 11.9. The van der Waals surface area contributed by atoms with Crippen LogP contribution in [0, 0.1) is 0 Å². The third-order valence-corrected chi connectivity index (χ3v) is 8.38. The van der Waals surface area contributed by atoms with Crippen LogP contribution in [0.4, 0.5) is 0 Å². The molecule has 0 rings (SSSR count). The summed E-state index contributed by atoms with van der Waals surface area (Å²) in [5, 5.41) is -1.16. The van der Waals surface area contributed by atoms with Crippen LogP contribution in [0.25, 0.3) is 0 Å². The van der Waals surface area contributed by atoms with E-state index in [0.717, 1.165) is 32.1 Å². The molecule has 0 fully saturated rings. The molecule has 0 spiro atoms. The van der Waals surface area contributed by atoms with E-state index in [1.165, 1.54) is 16.7 Å². The van der Waals surface area contributed by atoms with E-state index in [2.05, 4.69) is 45.9 Å². The third-order valence-electron chi connectivity index (χ3n) is 4.26. The molecule has 0 radical (unpaired) electrons. The standard InChI is InChI=1S/C20H38O5P2/c1-6-25-26(21)20(27(22,23)24)16-8-7-12-18(4)14-10-15-19(5)13-9-11-17(2)3/h11-12,15,20,26H,6-10,13-14,16H2,1-5H3,(H2,22,23,24)/b18-12+,19-15+. The summed E-state index contributed by atoms with van der Waals surface area (Å²) in [6.07, 6.45) is 12.4.